The summed E-state index contributed by atoms with van der Waals surface area (Å²) in [6.45, 7) is 1.87. The van der Waals surface area contributed by atoms with Crippen LogP contribution in [0.1, 0.15) is 61.0 Å². The number of fused-ring (bicyclic) bond motifs is 1. The van der Waals surface area contributed by atoms with E-state index in [1.807, 2.05) is 23.1 Å². The number of hydrogen-bond donors (Lipinski definition) is 2. The maximum Gasteiger partial charge on any atom is 0.254 e. The highest BCUT2D eigenvalue weighted by molar-refractivity contribution is 5.97. The quantitative estimate of drug-likeness (QED) is 0.711. The van der Waals surface area contributed by atoms with Gasteiger partial charge in [-0.25, -0.2) is 0 Å². The Bertz CT molecular complexity index is 1040. The first-order valence-electron chi connectivity index (χ1n) is 11.5. The van der Waals surface area contributed by atoms with E-state index in [1.54, 1.807) is 38.5 Å². The maximum atomic E-state index is 13.8. The largest absolute Gasteiger partial charge is 0.497 e. The van der Waals surface area contributed by atoms with E-state index in [1.165, 1.54) is 6.92 Å². The summed E-state index contributed by atoms with van der Waals surface area (Å²) in [5.41, 5.74) is 1.10. The van der Waals surface area contributed by atoms with Gasteiger partial charge in [-0.15, -0.1) is 0 Å². The number of nitrogens with zero attached hydrogens (tertiary/aromatic N) is 1. The number of piperidine rings is 1. The minimum Gasteiger partial charge on any atom is -0.497 e. The number of amides is 2. The predicted octanol–water partition coefficient (Wildman–Crippen LogP) is 4.17. The summed E-state index contributed by atoms with van der Waals surface area (Å²) in [5.74, 6) is 0.910. The summed E-state index contributed by atoms with van der Waals surface area (Å²) < 4.78 is 11.2. The van der Waals surface area contributed by atoms with Crippen molar-refractivity contribution in [2.45, 2.75) is 50.7 Å². The van der Waals surface area contributed by atoms with Gasteiger partial charge in [0, 0.05) is 36.2 Å². The first kappa shape index (κ1) is 23.1. The molecule has 1 saturated heterocycles. The molecule has 2 aliphatic rings. The number of carbonyl (C=O) groups excluding carboxylic acids is 2. The molecule has 2 aromatic carbocycles. The van der Waals surface area contributed by atoms with Crippen molar-refractivity contribution in [3.63, 3.8) is 0 Å². The summed E-state index contributed by atoms with van der Waals surface area (Å²) in [5, 5.41) is 14.3. The Balaban J connectivity index is 1.78. The molecule has 2 fully saturated rings. The van der Waals surface area contributed by atoms with E-state index in [0.29, 0.717) is 35.7 Å². The molecule has 2 aromatic rings. The molecule has 2 amide bonds. The highest BCUT2D eigenvalue weighted by Crippen LogP contribution is 2.51. The van der Waals surface area contributed by atoms with Gasteiger partial charge in [-0.05, 0) is 55.7 Å². The molecule has 1 saturated carbocycles. The summed E-state index contributed by atoms with van der Waals surface area (Å²) in [6.07, 6.45) is 4.10. The molecule has 1 aliphatic carbocycles. The van der Waals surface area contributed by atoms with E-state index in [4.69, 9.17) is 9.47 Å². The number of likely N-dealkylation sites (tertiary alicyclic amines) is 1. The lowest BCUT2D eigenvalue weighted by Crippen LogP contribution is -2.56. The number of aliphatic hydroxyl groups is 1. The first-order chi connectivity index (χ1) is 15.9. The average Bonchev–Trinajstić information content (AvgIpc) is 2.82. The van der Waals surface area contributed by atoms with Crippen LogP contribution in [-0.4, -0.2) is 48.2 Å². The number of benzene rings is 2. The number of carbonyl (C=O) groups is 2. The van der Waals surface area contributed by atoms with E-state index in [-0.39, 0.29) is 23.8 Å². The second-order valence-electron chi connectivity index (χ2n) is 9.02. The third-order valence-corrected chi connectivity index (χ3v) is 7.01. The van der Waals surface area contributed by atoms with Gasteiger partial charge in [-0.1, -0.05) is 18.9 Å². The molecule has 33 heavy (non-hydrogen) atoms. The fourth-order valence-electron chi connectivity index (χ4n) is 5.46. The van der Waals surface area contributed by atoms with Crippen molar-refractivity contribution in [1.82, 2.24) is 4.90 Å². The van der Waals surface area contributed by atoms with Gasteiger partial charge in [0.1, 0.15) is 11.5 Å². The summed E-state index contributed by atoms with van der Waals surface area (Å²) in [6, 6.07) is 12.2. The van der Waals surface area contributed by atoms with Crippen LogP contribution in [0.4, 0.5) is 5.69 Å². The number of rotatable bonds is 5. The summed E-state index contributed by atoms with van der Waals surface area (Å²) >= 11 is 0. The van der Waals surface area contributed by atoms with Crippen LogP contribution < -0.4 is 14.8 Å². The van der Waals surface area contributed by atoms with Crippen LogP contribution in [0.3, 0.4) is 0 Å². The summed E-state index contributed by atoms with van der Waals surface area (Å²) in [7, 11) is 3.23. The standard InChI is InChI=1S/C26H32N2O5/c1-17(29)27-19-8-6-7-18(15-19)25(30)28-14-13-26(31)12-5-4-9-22(26)24(28)21-16-20(32-2)10-11-23(21)33-3/h6-8,10-11,15-16,22,24,31H,4-5,9,12-14H2,1-3H3,(H,27,29). The zero-order valence-corrected chi connectivity index (χ0v) is 19.5. The van der Waals surface area contributed by atoms with Crippen molar-refractivity contribution < 1.29 is 24.2 Å². The first-order valence-corrected chi connectivity index (χ1v) is 11.5. The normalized spacial score (nSPS) is 24.5. The monoisotopic (exact) mass is 452 g/mol. The molecule has 0 spiro atoms. The average molecular weight is 453 g/mol. The minimum absolute atomic E-state index is 0.108. The van der Waals surface area contributed by atoms with E-state index in [2.05, 4.69) is 5.32 Å². The Morgan fingerprint density at radius 2 is 1.91 bits per heavy atom. The fourth-order valence-corrected chi connectivity index (χ4v) is 5.46. The van der Waals surface area contributed by atoms with Gasteiger partial charge >= 0.3 is 0 Å². The second-order valence-corrected chi connectivity index (χ2v) is 9.02. The fraction of sp³-hybridized carbons (Fsp3) is 0.462. The van der Waals surface area contributed by atoms with Crippen molar-refractivity contribution in [2.24, 2.45) is 5.92 Å². The van der Waals surface area contributed by atoms with E-state index in [0.717, 1.165) is 31.2 Å². The SMILES string of the molecule is COc1ccc(OC)c(C2C3CCCCC3(O)CCN2C(=O)c2cccc(NC(C)=O)c2)c1. The van der Waals surface area contributed by atoms with E-state index < -0.39 is 5.60 Å². The third kappa shape index (κ3) is 4.55. The molecule has 0 aromatic heterocycles. The molecule has 1 heterocycles. The van der Waals surface area contributed by atoms with Crippen LogP contribution in [-0.2, 0) is 4.79 Å². The van der Waals surface area contributed by atoms with Crippen LogP contribution in [0, 0.1) is 5.92 Å². The van der Waals surface area contributed by atoms with Gasteiger partial charge in [-0.3, -0.25) is 9.59 Å². The van der Waals surface area contributed by atoms with Crippen LogP contribution in [0.15, 0.2) is 42.5 Å². The minimum atomic E-state index is -0.814. The van der Waals surface area contributed by atoms with Crippen LogP contribution >= 0.6 is 0 Å². The molecular weight excluding hydrogens is 420 g/mol. The zero-order chi connectivity index (χ0) is 23.6. The van der Waals surface area contributed by atoms with E-state index >= 15 is 0 Å². The number of ether oxygens (including phenoxy) is 2. The molecule has 7 nitrogen and oxygen atoms in total. The van der Waals surface area contributed by atoms with Crippen molar-refractivity contribution >= 4 is 17.5 Å². The molecule has 7 heteroatoms. The predicted molar refractivity (Wildman–Crippen MR) is 126 cm³/mol. The maximum absolute atomic E-state index is 13.8. The molecule has 0 bridgehead atoms. The third-order valence-electron chi connectivity index (χ3n) is 7.01. The number of methoxy groups -OCH3 is 2. The van der Waals surface area contributed by atoms with Crippen LogP contribution in [0.5, 0.6) is 11.5 Å². The van der Waals surface area contributed by atoms with Crippen molar-refractivity contribution in [3.05, 3.63) is 53.6 Å². The smallest absolute Gasteiger partial charge is 0.254 e. The molecule has 3 atom stereocenters. The topological polar surface area (TPSA) is 88.1 Å². The molecular formula is C26H32N2O5. The highest BCUT2D eigenvalue weighted by atomic mass is 16.5. The molecule has 1 aliphatic heterocycles. The van der Waals surface area contributed by atoms with Gasteiger partial charge in [0.25, 0.3) is 5.91 Å². The number of nitrogens with one attached hydrogen (secondary N) is 1. The van der Waals surface area contributed by atoms with Crippen LogP contribution in [0.2, 0.25) is 0 Å². The lowest BCUT2D eigenvalue weighted by molar-refractivity contribution is -0.115. The van der Waals surface area contributed by atoms with Gasteiger partial charge in [0.15, 0.2) is 0 Å². The molecule has 3 unspecified atom stereocenters. The number of hydrogen-bond acceptors (Lipinski definition) is 5. The summed E-state index contributed by atoms with van der Waals surface area (Å²) in [4.78, 5) is 27.2. The molecule has 176 valence electrons. The Kier molecular flexibility index (Phi) is 6.61. The second kappa shape index (κ2) is 9.43. The van der Waals surface area contributed by atoms with Crippen LogP contribution in [0.25, 0.3) is 0 Å². The zero-order valence-electron chi connectivity index (χ0n) is 19.5. The Hall–Kier alpha value is -3.06. The van der Waals surface area contributed by atoms with Gasteiger partial charge in [-0.2, -0.15) is 0 Å². The molecule has 0 radical (unpaired) electrons. The highest BCUT2D eigenvalue weighted by Gasteiger charge is 2.51. The van der Waals surface area contributed by atoms with Gasteiger partial charge in [0.05, 0.1) is 25.9 Å². The Morgan fingerprint density at radius 1 is 1.09 bits per heavy atom. The van der Waals surface area contributed by atoms with E-state index in [9.17, 15) is 14.7 Å². The molecule has 4 rings (SSSR count). The Labute approximate surface area is 194 Å². The Morgan fingerprint density at radius 3 is 2.64 bits per heavy atom. The lowest BCUT2D eigenvalue weighted by Gasteiger charge is -2.52. The van der Waals surface area contributed by atoms with Crippen molar-refractivity contribution in [3.8, 4) is 11.5 Å². The van der Waals surface area contributed by atoms with Crippen molar-refractivity contribution in [2.75, 3.05) is 26.1 Å². The number of anilines is 1. The van der Waals surface area contributed by atoms with Gasteiger partial charge in [0.2, 0.25) is 5.91 Å². The molecule has 2 N–H and O–H groups in total. The van der Waals surface area contributed by atoms with Crippen molar-refractivity contribution in [1.29, 1.82) is 0 Å². The van der Waals surface area contributed by atoms with Gasteiger partial charge < -0.3 is 24.8 Å². The lowest BCUT2D eigenvalue weighted by atomic mass is 9.66.